The molecule has 0 radical (unpaired) electrons. The summed E-state index contributed by atoms with van der Waals surface area (Å²) < 4.78 is 5.38. The SMILES string of the molecule is Cc1ccnc(NC(=O)C23CC2(CN(CC(C)C)CC(C)NC(=O)OC(C)(C)C)C3)c1. The van der Waals surface area contributed by atoms with E-state index in [2.05, 4.69) is 34.4 Å². The maximum atomic E-state index is 12.9. The van der Waals surface area contributed by atoms with Gasteiger partial charge in [-0.2, -0.15) is 0 Å². The molecule has 0 aliphatic heterocycles. The molecular formula is C24H38N4O3. The molecule has 1 atom stereocenters. The van der Waals surface area contributed by atoms with Gasteiger partial charge >= 0.3 is 6.09 Å². The Morgan fingerprint density at radius 3 is 2.48 bits per heavy atom. The quantitative estimate of drug-likeness (QED) is 0.619. The highest BCUT2D eigenvalue weighted by molar-refractivity contribution is 6.01. The summed E-state index contributed by atoms with van der Waals surface area (Å²) in [4.78, 5) is 31.7. The molecule has 1 aromatic heterocycles. The van der Waals surface area contributed by atoms with Crippen LogP contribution in [0, 0.1) is 23.7 Å². The minimum Gasteiger partial charge on any atom is -0.444 e. The van der Waals surface area contributed by atoms with Gasteiger partial charge in [0, 0.05) is 31.9 Å². The number of carbonyl (C=O) groups excluding carboxylic acids is 2. The molecule has 7 heteroatoms. The fourth-order valence-electron chi connectivity index (χ4n) is 4.61. The number of carbonyl (C=O) groups is 2. The number of pyridine rings is 1. The summed E-state index contributed by atoms with van der Waals surface area (Å²) >= 11 is 0. The summed E-state index contributed by atoms with van der Waals surface area (Å²) in [6.45, 7) is 16.5. The highest BCUT2D eigenvalue weighted by Gasteiger charge is 2.86. The van der Waals surface area contributed by atoms with E-state index in [0.29, 0.717) is 11.7 Å². The van der Waals surface area contributed by atoms with Gasteiger partial charge in [0.2, 0.25) is 5.91 Å². The van der Waals surface area contributed by atoms with Crippen LogP contribution in [0.3, 0.4) is 0 Å². The van der Waals surface area contributed by atoms with Gasteiger partial charge in [0.05, 0.1) is 5.41 Å². The van der Waals surface area contributed by atoms with Crippen LogP contribution in [-0.2, 0) is 9.53 Å². The van der Waals surface area contributed by atoms with Crippen LogP contribution in [0.2, 0.25) is 0 Å². The van der Waals surface area contributed by atoms with Crippen molar-refractivity contribution >= 4 is 17.8 Å². The van der Waals surface area contributed by atoms with E-state index in [9.17, 15) is 9.59 Å². The van der Waals surface area contributed by atoms with E-state index in [1.807, 2.05) is 46.8 Å². The molecule has 2 N–H and O–H groups in total. The number of ether oxygens (including phenoxy) is 1. The fraction of sp³-hybridized carbons (Fsp3) is 0.708. The van der Waals surface area contributed by atoms with Crippen LogP contribution in [0.25, 0.3) is 0 Å². The number of amides is 2. The smallest absolute Gasteiger partial charge is 0.407 e. The molecule has 1 heterocycles. The summed E-state index contributed by atoms with van der Waals surface area (Å²) in [6, 6.07) is 3.78. The molecule has 2 fully saturated rings. The lowest BCUT2D eigenvalue weighted by molar-refractivity contribution is -0.119. The van der Waals surface area contributed by atoms with Gasteiger partial charge in [0.15, 0.2) is 0 Å². The van der Waals surface area contributed by atoms with Crippen LogP contribution in [0.1, 0.15) is 59.9 Å². The molecule has 2 aliphatic rings. The molecule has 31 heavy (non-hydrogen) atoms. The average Bonchev–Trinajstić information content (AvgIpc) is 3.38. The predicted octanol–water partition coefficient (Wildman–Crippen LogP) is 3.98. The second kappa shape index (κ2) is 8.41. The Labute approximate surface area is 186 Å². The van der Waals surface area contributed by atoms with Crippen molar-refractivity contribution in [3.63, 3.8) is 0 Å². The van der Waals surface area contributed by atoms with Crippen molar-refractivity contribution in [1.29, 1.82) is 0 Å². The van der Waals surface area contributed by atoms with Gasteiger partial charge in [-0.25, -0.2) is 9.78 Å². The van der Waals surface area contributed by atoms with Crippen LogP contribution in [-0.4, -0.2) is 53.2 Å². The van der Waals surface area contributed by atoms with E-state index in [0.717, 1.165) is 38.0 Å². The van der Waals surface area contributed by atoms with E-state index in [-0.39, 0.29) is 28.9 Å². The van der Waals surface area contributed by atoms with E-state index in [1.165, 1.54) is 0 Å². The molecule has 172 valence electrons. The largest absolute Gasteiger partial charge is 0.444 e. The van der Waals surface area contributed by atoms with Gasteiger partial charge < -0.3 is 20.3 Å². The number of aromatic nitrogens is 1. The van der Waals surface area contributed by atoms with Gasteiger partial charge in [-0.05, 0) is 76.5 Å². The zero-order chi connectivity index (χ0) is 23.0. The van der Waals surface area contributed by atoms with Gasteiger partial charge in [-0.1, -0.05) is 13.8 Å². The van der Waals surface area contributed by atoms with Crippen molar-refractivity contribution in [2.75, 3.05) is 25.0 Å². The van der Waals surface area contributed by atoms with Gasteiger partial charge in [0.25, 0.3) is 0 Å². The molecule has 7 nitrogen and oxygen atoms in total. The third-order valence-corrected chi connectivity index (χ3v) is 6.08. The highest BCUT2D eigenvalue weighted by atomic mass is 16.6. The minimum atomic E-state index is -0.512. The van der Waals surface area contributed by atoms with E-state index in [4.69, 9.17) is 4.74 Å². The summed E-state index contributed by atoms with van der Waals surface area (Å²) in [7, 11) is 0. The van der Waals surface area contributed by atoms with Crippen LogP contribution >= 0.6 is 0 Å². The first kappa shape index (κ1) is 23.5. The number of rotatable bonds is 9. The second-order valence-electron chi connectivity index (χ2n) is 11.0. The zero-order valence-corrected chi connectivity index (χ0v) is 20.0. The van der Waals surface area contributed by atoms with Crippen LogP contribution < -0.4 is 10.6 Å². The molecule has 0 saturated heterocycles. The lowest BCUT2D eigenvalue weighted by atomic mass is 10.1. The molecular weight excluding hydrogens is 392 g/mol. The van der Waals surface area contributed by atoms with Crippen LogP contribution in [0.4, 0.5) is 10.6 Å². The van der Waals surface area contributed by atoms with E-state index in [1.54, 1.807) is 6.20 Å². The predicted molar refractivity (Wildman–Crippen MR) is 122 cm³/mol. The van der Waals surface area contributed by atoms with Crippen molar-refractivity contribution < 1.29 is 14.3 Å². The monoisotopic (exact) mass is 430 g/mol. The Hall–Kier alpha value is -2.15. The highest BCUT2D eigenvalue weighted by Crippen LogP contribution is 2.86. The summed E-state index contributed by atoms with van der Waals surface area (Å²) in [6.07, 6.45) is 3.19. The van der Waals surface area contributed by atoms with E-state index < -0.39 is 5.60 Å². The van der Waals surface area contributed by atoms with Crippen molar-refractivity contribution in [1.82, 2.24) is 15.2 Å². The number of nitrogens with one attached hydrogen (secondary N) is 2. The first-order valence-electron chi connectivity index (χ1n) is 11.3. The molecule has 2 amide bonds. The number of nitrogens with zero attached hydrogens (tertiary/aromatic N) is 2. The van der Waals surface area contributed by atoms with E-state index >= 15 is 0 Å². The number of hydrogen-bond acceptors (Lipinski definition) is 5. The Balaban J connectivity index is 1.55. The topological polar surface area (TPSA) is 83.6 Å². The first-order chi connectivity index (χ1) is 14.3. The Morgan fingerprint density at radius 2 is 1.90 bits per heavy atom. The lowest BCUT2D eigenvalue weighted by Crippen LogP contribution is -2.45. The van der Waals surface area contributed by atoms with Crippen molar-refractivity contribution in [3.05, 3.63) is 23.9 Å². The maximum absolute atomic E-state index is 12.9. The first-order valence-corrected chi connectivity index (χ1v) is 11.3. The Bertz CT molecular complexity index is 824. The summed E-state index contributed by atoms with van der Waals surface area (Å²) in [5.74, 6) is 1.22. The van der Waals surface area contributed by atoms with Gasteiger partial charge in [-0.15, -0.1) is 0 Å². The minimum absolute atomic E-state index is 0.0396. The molecule has 1 aromatic rings. The third kappa shape index (κ3) is 5.76. The molecule has 2 aliphatic carbocycles. The normalized spacial score (nSPS) is 25.1. The van der Waals surface area contributed by atoms with Crippen LogP contribution in [0.15, 0.2) is 18.3 Å². The van der Waals surface area contributed by atoms with Crippen molar-refractivity contribution in [2.24, 2.45) is 16.7 Å². The number of alkyl carbamates (subject to hydrolysis) is 1. The maximum Gasteiger partial charge on any atom is 0.407 e. The lowest BCUT2D eigenvalue weighted by Gasteiger charge is -2.29. The summed E-state index contributed by atoms with van der Waals surface area (Å²) in [5, 5.41) is 5.95. The number of hydrogen-bond donors (Lipinski definition) is 2. The molecule has 0 aromatic carbocycles. The molecule has 0 spiro atoms. The fourth-order valence-corrected chi connectivity index (χ4v) is 4.61. The van der Waals surface area contributed by atoms with Crippen molar-refractivity contribution in [2.45, 2.75) is 73.0 Å². The zero-order valence-electron chi connectivity index (χ0n) is 20.0. The third-order valence-electron chi connectivity index (χ3n) is 6.08. The standard InChI is InChI=1S/C24H38N4O3/c1-16(2)11-28(12-18(4)26-21(30)31-22(5,6)7)15-23-13-24(23,14-23)20(29)27-19-10-17(3)8-9-25-19/h8-10,16,18H,11-15H2,1-7H3,(H,26,30)(H,25,27,29). The molecule has 3 rings (SSSR count). The van der Waals surface area contributed by atoms with Gasteiger partial charge in [-0.3, -0.25) is 4.79 Å². The molecule has 0 bridgehead atoms. The second-order valence-corrected chi connectivity index (χ2v) is 11.0. The number of fused-ring (bicyclic) bond motifs is 1. The van der Waals surface area contributed by atoms with Gasteiger partial charge in [0.1, 0.15) is 11.4 Å². The summed E-state index contributed by atoms with van der Waals surface area (Å²) in [5.41, 5.74) is 0.397. The molecule has 2 saturated carbocycles. The number of aryl methyl sites for hydroxylation is 1. The Morgan fingerprint density at radius 1 is 1.23 bits per heavy atom. The molecule has 1 unspecified atom stereocenters. The van der Waals surface area contributed by atoms with Crippen molar-refractivity contribution in [3.8, 4) is 0 Å². The Kier molecular flexibility index (Phi) is 6.38. The average molecular weight is 431 g/mol. The van der Waals surface area contributed by atoms with Crippen LogP contribution in [0.5, 0.6) is 0 Å². The number of anilines is 1.